The number of methoxy groups -OCH3 is 1. The molecule has 0 amide bonds. The number of hydrogen-bond donors (Lipinski definition) is 2. The molecule has 0 saturated heterocycles. The molecular formula is C17H16N4O. The molecule has 0 aliphatic rings. The SMILES string of the molecule is CCc1ncnc2[nH]c(-c3c[nH]c4ccc(OC)cc34)cc12. The molecule has 22 heavy (non-hydrogen) atoms. The molecule has 0 unspecified atom stereocenters. The molecule has 1 aromatic carbocycles. The van der Waals surface area contributed by atoms with Crippen molar-refractivity contribution in [2.45, 2.75) is 13.3 Å². The van der Waals surface area contributed by atoms with Gasteiger partial charge in [0.05, 0.1) is 12.8 Å². The molecule has 2 N–H and O–H groups in total. The average Bonchev–Trinajstić information content (AvgIpc) is 3.16. The molecule has 4 aromatic rings. The Morgan fingerprint density at radius 3 is 2.86 bits per heavy atom. The molecule has 0 bridgehead atoms. The lowest BCUT2D eigenvalue weighted by molar-refractivity contribution is 0.415. The van der Waals surface area contributed by atoms with Gasteiger partial charge in [-0.2, -0.15) is 0 Å². The van der Waals surface area contributed by atoms with E-state index < -0.39 is 0 Å². The Labute approximate surface area is 127 Å². The number of hydrogen-bond acceptors (Lipinski definition) is 3. The van der Waals surface area contributed by atoms with Crippen LogP contribution in [0.1, 0.15) is 12.6 Å². The maximum absolute atomic E-state index is 5.33. The number of rotatable bonds is 3. The second kappa shape index (κ2) is 4.87. The highest BCUT2D eigenvalue weighted by atomic mass is 16.5. The molecule has 0 spiro atoms. The van der Waals surface area contributed by atoms with Gasteiger partial charge in [-0.1, -0.05) is 6.92 Å². The smallest absolute Gasteiger partial charge is 0.141 e. The molecular weight excluding hydrogens is 276 g/mol. The fraction of sp³-hybridized carbons (Fsp3) is 0.176. The summed E-state index contributed by atoms with van der Waals surface area (Å²) in [7, 11) is 1.68. The second-order valence-electron chi connectivity index (χ2n) is 5.23. The summed E-state index contributed by atoms with van der Waals surface area (Å²) in [5, 5.41) is 2.20. The van der Waals surface area contributed by atoms with Gasteiger partial charge < -0.3 is 14.7 Å². The lowest BCUT2D eigenvalue weighted by Gasteiger charge is -2.00. The Bertz CT molecular complexity index is 967. The average molecular weight is 292 g/mol. The third kappa shape index (κ3) is 1.86. The first kappa shape index (κ1) is 12.9. The van der Waals surface area contributed by atoms with Gasteiger partial charge in [0.1, 0.15) is 17.7 Å². The molecule has 0 fully saturated rings. The minimum atomic E-state index is 0.846. The van der Waals surface area contributed by atoms with E-state index >= 15 is 0 Å². The van der Waals surface area contributed by atoms with Crippen molar-refractivity contribution < 1.29 is 4.74 Å². The van der Waals surface area contributed by atoms with Gasteiger partial charge >= 0.3 is 0 Å². The minimum absolute atomic E-state index is 0.846. The molecule has 5 nitrogen and oxygen atoms in total. The van der Waals surface area contributed by atoms with Crippen molar-refractivity contribution in [2.24, 2.45) is 0 Å². The quantitative estimate of drug-likeness (QED) is 0.605. The number of aromatic amines is 2. The Kier molecular flexibility index (Phi) is 2.85. The maximum atomic E-state index is 5.33. The number of aryl methyl sites for hydroxylation is 1. The standard InChI is InChI=1S/C17H16N4O/c1-3-14-12-7-16(21-17(12)20-9-19-14)13-8-18-15-5-4-10(22-2)6-11(13)15/h4-9,18H,3H2,1-2H3,(H,19,20,21). The van der Waals surface area contributed by atoms with Gasteiger partial charge in [0.25, 0.3) is 0 Å². The molecule has 0 atom stereocenters. The molecule has 0 aliphatic heterocycles. The third-order valence-electron chi connectivity index (χ3n) is 4.02. The van der Waals surface area contributed by atoms with Crippen LogP contribution < -0.4 is 4.74 Å². The highest BCUT2D eigenvalue weighted by Gasteiger charge is 2.12. The van der Waals surface area contributed by atoms with Crippen molar-refractivity contribution in [3.05, 3.63) is 42.5 Å². The lowest BCUT2D eigenvalue weighted by Crippen LogP contribution is -1.88. The van der Waals surface area contributed by atoms with E-state index in [-0.39, 0.29) is 0 Å². The highest BCUT2D eigenvalue weighted by molar-refractivity contribution is 5.98. The zero-order chi connectivity index (χ0) is 15.1. The Hall–Kier alpha value is -2.82. The fourth-order valence-electron chi connectivity index (χ4n) is 2.87. The van der Waals surface area contributed by atoms with Gasteiger partial charge in [-0.25, -0.2) is 9.97 Å². The number of nitrogens with zero attached hydrogens (tertiary/aromatic N) is 2. The van der Waals surface area contributed by atoms with Crippen LogP contribution in [0.2, 0.25) is 0 Å². The predicted octanol–water partition coefficient (Wildman–Crippen LogP) is 3.68. The minimum Gasteiger partial charge on any atom is -0.497 e. The molecule has 3 heterocycles. The highest BCUT2D eigenvalue weighted by Crippen LogP contribution is 2.32. The van der Waals surface area contributed by atoms with Crippen LogP contribution >= 0.6 is 0 Å². The van der Waals surface area contributed by atoms with Crippen molar-refractivity contribution in [1.82, 2.24) is 19.9 Å². The van der Waals surface area contributed by atoms with Crippen LogP contribution in [0.25, 0.3) is 33.2 Å². The Balaban J connectivity index is 1.95. The van der Waals surface area contributed by atoms with E-state index in [0.29, 0.717) is 0 Å². The predicted molar refractivity (Wildman–Crippen MR) is 87.1 cm³/mol. The summed E-state index contributed by atoms with van der Waals surface area (Å²) in [4.78, 5) is 15.4. The largest absolute Gasteiger partial charge is 0.497 e. The summed E-state index contributed by atoms with van der Waals surface area (Å²) in [5.74, 6) is 0.846. The molecule has 4 rings (SSSR count). The summed E-state index contributed by atoms with van der Waals surface area (Å²) < 4.78 is 5.33. The van der Waals surface area contributed by atoms with Gasteiger partial charge in [-0.3, -0.25) is 0 Å². The van der Waals surface area contributed by atoms with E-state index in [1.54, 1.807) is 13.4 Å². The number of ether oxygens (including phenoxy) is 1. The molecule has 0 aliphatic carbocycles. The van der Waals surface area contributed by atoms with Crippen LogP contribution in [0.15, 0.2) is 36.8 Å². The first-order valence-corrected chi connectivity index (χ1v) is 7.28. The van der Waals surface area contributed by atoms with Crippen LogP contribution in [-0.2, 0) is 6.42 Å². The molecule has 110 valence electrons. The van der Waals surface area contributed by atoms with Crippen LogP contribution in [0, 0.1) is 0 Å². The molecule has 0 saturated carbocycles. The van der Waals surface area contributed by atoms with E-state index in [2.05, 4.69) is 32.9 Å². The van der Waals surface area contributed by atoms with Gasteiger partial charge in [0, 0.05) is 33.7 Å². The van der Waals surface area contributed by atoms with Gasteiger partial charge in [-0.05, 0) is 30.7 Å². The van der Waals surface area contributed by atoms with E-state index in [0.717, 1.165) is 51.1 Å². The van der Waals surface area contributed by atoms with Gasteiger partial charge in [0.2, 0.25) is 0 Å². The lowest BCUT2D eigenvalue weighted by atomic mass is 10.1. The maximum Gasteiger partial charge on any atom is 0.141 e. The van der Waals surface area contributed by atoms with Crippen molar-refractivity contribution >= 4 is 21.9 Å². The summed E-state index contributed by atoms with van der Waals surface area (Å²) >= 11 is 0. The topological polar surface area (TPSA) is 66.6 Å². The van der Waals surface area contributed by atoms with Crippen molar-refractivity contribution in [2.75, 3.05) is 7.11 Å². The second-order valence-corrected chi connectivity index (χ2v) is 5.23. The van der Waals surface area contributed by atoms with E-state index in [9.17, 15) is 0 Å². The first-order valence-electron chi connectivity index (χ1n) is 7.28. The summed E-state index contributed by atoms with van der Waals surface area (Å²) in [6, 6.07) is 8.14. The zero-order valence-corrected chi connectivity index (χ0v) is 12.5. The number of fused-ring (bicyclic) bond motifs is 2. The molecule has 0 radical (unpaired) electrons. The van der Waals surface area contributed by atoms with E-state index in [4.69, 9.17) is 4.74 Å². The first-order chi connectivity index (χ1) is 10.8. The summed E-state index contributed by atoms with van der Waals surface area (Å²) in [6.45, 7) is 2.10. The fourth-order valence-corrected chi connectivity index (χ4v) is 2.87. The van der Waals surface area contributed by atoms with Crippen LogP contribution in [0.3, 0.4) is 0 Å². The third-order valence-corrected chi connectivity index (χ3v) is 4.02. The number of nitrogens with one attached hydrogen (secondary N) is 2. The Morgan fingerprint density at radius 1 is 1.14 bits per heavy atom. The monoisotopic (exact) mass is 292 g/mol. The van der Waals surface area contributed by atoms with Crippen LogP contribution in [-0.4, -0.2) is 27.0 Å². The van der Waals surface area contributed by atoms with Crippen molar-refractivity contribution in [1.29, 1.82) is 0 Å². The number of H-pyrrole nitrogens is 2. The van der Waals surface area contributed by atoms with Crippen molar-refractivity contribution in [3.63, 3.8) is 0 Å². The Morgan fingerprint density at radius 2 is 2.05 bits per heavy atom. The summed E-state index contributed by atoms with van der Waals surface area (Å²) in [5.41, 5.74) is 5.15. The molecule has 5 heteroatoms. The van der Waals surface area contributed by atoms with Gasteiger partial charge in [0.15, 0.2) is 0 Å². The summed E-state index contributed by atoms with van der Waals surface area (Å²) in [6.07, 6.45) is 4.51. The number of benzene rings is 1. The zero-order valence-electron chi connectivity index (χ0n) is 12.5. The number of aromatic nitrogens is 4. The van der Waals surface area contributed by atoms with E-state index in [1.165, 1.54) is 0 Å². The van der Waals surface area contributed by atoms with Crippen LogP contribution in [0.5, 0.6) is 5.75 Å². The van der Waals surface area contributed by atoms with Crippen molar-refractivity contribution in [3.8, 4) is 17.0 Å². The van der Waals surface area contributed by atoms with E-state index in [1.807, 2.05) is 24.4 Å². The normalized spacial score (nSPS) is 11.4. The van der Waals surface area contributed by atoms with Crippen LogP contribution in [0.4, 0.5) is 0 Å². The van der Waals surface area contributed by atoms with Gasteiger partial charge in [-0.15, -0.1) is 0 Å². The molecule has 3 aromatic heterocycles.